The maximum Gasteiger partial charge on any atom is 0.143 e. The van der Waals surface area contributed by atoms with Crippen LogP contribution in [0.25, 0.3) is 0 Å². The molecule has 0 aliphatic rings. The van der Waals surface area contributed by atoms with E-state index < -0.39 is 0 Å². The van der Waals surface area contributed by atoms with Crippen LogP contribution in [-0.2, 0) is 0 Å². The maximum absolute atomic E-state index is 5.78. The van der Waals surface area contributed by atoms with E-state index in [1.54, 1.807) is 7.11 Å². The molecule has 0 aliphatic carbocycles. The van der Waals surface area contributed by atoms with Crippen LogP contribution in [0, 0.1) is 0 Å². The Labute approximate surface area is 113 Å². The van der Waals surface area contributed by atoms with Crippen molar-refractivity contribution in [2.45, 2.75) is 6.92 Å². The van der Waals surface area contributed by atoms with Crippen molar-refractivity contribution in [2.24, 2.45) is 0 Å². The molecule has 0 radical (unpaired) electrons. The molecule has 0 aromatic heterocycles. The lowest BCUT2D eigenvalue weighted by Gasteiger charge is -2.11. The number of nitrogens with one attached hydrogen (secondary N) is 1. The van der Waals surface area contributed by atoms with Crippen LogP contribution in [0.5, 0.6) is 11.5 Å². The molecule has 0 spiro atoms. The van der Waals surface area contributed by atoms with Gasteiger partial charge in [-0.05, 0) is 31.2 Å². The second kappa shape index (κ2) is 6.00. The number of rotatable bonds is 5. The smallest absolute Gasteiger partial charge is 0.143 e. The highest BCUT2D eigenvalue weighted by molar-refractivity contribution is 5.67. The van der Waals surface area contributed by atoms with Gasteiger partial charge in [0.2, 0.25) is 0 Å². The molecule has 0 fully saturated rings. The summed E-state index contributed by atoms with van der Waals surface area (Å²) >= 11 is 0. The Bertz CT molecular complexity index is 556. The minimum atomic E-state index is 0.621. The highest BCUT2D eigenvalue weighted by Crippen LogP contribution is 2.28. The van der Waals surface area contributed by atoms with E-state index in [0.29, 0.717) is 18.0 Å². The molecule has 2 aromatic carbocycles. The average Bonchev–Trinajstić information content (AvgIpc) is 2.42. The first-order chi connectivity index (χ1) is 9.22. The molecule has 0 saturated heterocycles. The summed E-state index contributed by atoms with van der Waals surface area (Å²) in [4.78, 5) is 0. The van der Waals surface area contributed by atoms with Crippen LogP contribution < -0.4 is 20.5 Å². The molecule has 19 heavy (non-hydrogen) atoms. The molecule has 100 valence electrons. The van der Waals surface area contributed by atoms with Gasteiger partial charge in [-0.25, -0.2) is 0 Å². The molecule has 0 bridgehead atoms. The quantitative estimate of drug-likeness (QED) is 0.807. The second-order valence-corrected chi connectivity index (χ2v) is 4.04. The van der Waals surface area contributed by atoms with E-state index >= 15 is 0 Å². The third-order valence-corrected chi connectivity index (χ3v) is 2.67. The Balaban J connectivity index is 2.18. The summed E-state index contributed by atoms with van der Waals surface area (Å²) in [6.07, 6.45) is 0. The van der Waals surface area contributed by atoms with Crippen LogP contribution in [0.15, 0.2) is 42.5 Å². The Hall–Kier alpha value is -2.36. The lowest BCUT2D eigenvalue weighted by molar-refractivity contribution is 0.340. The Kier molecular flexibility index (Phi) is 4.13. The van der Waals surface area contributed by atoms with Crippen molar-refractivity contribution >= 4 is 17.1 Å². The fourth-order valence-corrected chi connectivity index (χ4v) is 1.79. The molecule has 0 aliphatic heterocycles. The zero-order chi connectivity index (χ0) is 13.7. The van der Waals surface area contributed by atoms with Gasteiger partial charge in [-0.1, -0.05) is 6.07 Å². The first-order valence-electron chi connectivity index (χ1n) is 6.16. The predicted octanol–water partition coefficient (Wildman–Crippen LogP) is 3.42. The highest BCUT2D eigenvalue weighted by Gasteiger charge is 2.02. The molecule has 0 unspecified atom stereocenters. The number of nitrogen functional groups attached to an aromatic ring is 1. The molecule has 0 heterocycles. The van der Waals surface area contributed by atoms with Crippen LogP contribution in [-0.4, -0.2) is 13.7 Å². The van der Waals surface area contributed by atoms with Crippen molar-refractivity contribution in [1.29, 1.82) is 0 Å². The largest absolute Gasteiger partial charge is 0.495 e. The van der Waals surface area contributed by atoms with Gasteiger partial charge in [-0.2, -0.15) is 0 Å². The van der Waals surface area contributed by atoms with Crippen molar-refractivity contribution in [1.82, 2.24) is 0 Å². The van der Waals surface area contributed by atoms with Gasteiger partial charge in [0.25, 0.3) is 0 Å². The molecule has 0 atom stereocenters. The summed E-state index contributed by atoms with van der Waals surface area (Å²) in [7, 11) is 1.60. The minimum absolute atomic E-state index is 0.621. The first-order valence-corrected chi connectivity index (χ1v) is 6.16. The van der Waals surface area contributed by atoms with E-state index in [1.807, 2.05) is 49.4 Å². The summed E-state index contributed by atoms with van der Waals surface area (Å²) in [6.45, 7) is 2.62. The summed E-state index contributed by atoms with van der Waals surface area (Å²) in [6, 6.07) is 13.4. The van der Waals surface area contributed by atoms with E-state index in [9.17, 15) is 0 Å². The minimum Gasteiger partial charge on any atom is -0.495 e. The van der Waals surface area contributed by atoms with Gasteiger partial charge in [-0.3, -0.25) is 0 Å². The normalized spacial score (nSPS) is 10.0. The lowest BCUT2D eigenvalue weighted by atomic mass is 10.2. The summed E-state index contributed by atoms with van der Waals surface area (Å²) in [5.41, 5.74) is 8.28. The standard InChI is InChI=1S/C15H18N2O2/c1-3-19-13-6-4-5-11(9-13)17-12-7-8-14(16)15(10-12)18-2/h4-10,17H,3,16H2,1-2H3. The van der Waals surface area contributed by atoms with Crippen molar-refractivity contribution in [3.8, 4) is 11.5 Å². The molecule has 2 aromatic rings. The van der Waals surface area contributed by atoms with Gasteiger partial charge in [0.15, 0.2) is 0 Å². The van der Waals surface area contributed by atoms with E-state index in [-0.39, 0.29) is 0 Å². The summed E-state index contributed by atoms with van der Waals surface area (Å²) in [5.74, 6) is 1.50. The predicted molar refractivity (Wildman–Crippen MR) is 78.3 cm³/mol. The summed E-state index contributed by atoms with van der Waals surface area (Å²) < 4.78 is 10.7. The highest BCUT2D eigenvalue weighted by atomic mass is 16.5. The van der Waals surface area contributed by atoms with E-state index in [0.717, 1.165) is 17.1 Å². The number of anilines is 3. The van der Waals surface area contributed by atoms with Crippen LogP contribution in [0.1, 0.15) is 6.92 Å². The molecular weight excluding hydrogens is 240 g/mol. The van der Waals surface area contributed by atoms with Gasteiger partial charge in [0.1, 0.15) is 11.5 Å². The SMILES string of the molecule is CCOc1cccc(Nc2ccc(N)c(OC)c2)c1. The monoisotopic (exact) mass is 258 g/mol. The number of nitrogens with two attached hydrogens (primary N) is 1. The Morgan fingerprint density at radius 3 is 2.63 bits per heavy atom. The molecule has 4 nitrogen and oxygen atoms in total. The first kappa shape index (κ1) is 13.1. The number of methoxy groups -OCH3 is 1. The van der Waals surface area contributed by atoms with Crippen LogP contribution >= 0.6 is 0 Å². The topological polar surface area (TPSA) is 56.5 Å². The molecule has 0 amide bonds. The molecule has 0 saturated carbocycles. The van der Waals surface area contributed by atoms with E-state index in [2.05, 4.69) is 5.32 Å². The number of ether oxygens (including phenoxy) is 2. The van der Waals surface area contributed by atoms with Crippen molar-refractivity contribution in [3.05, 3.63) is 42.5 Å². The lowest BCUT2D eigenvalue weighted by Crippen LogP contribution is -1.96. The molecule has 4 heteroatoms. The Morgan fingerprint density at radius 1 is 1.11 bits per heavy atom. The zero-order valence-corrected chi connectivity index (χ0v) is 11.1. The van der Waals surface area contributed by atoms with Gasteiger partial charge < -0.3 is 20.5 Å². The van der Waals surface area contributed by atoms with Crippen molar-refractivity contribution < 1.29 is 9.47 Å². The van der Waals surface area contributed by atoms with Crippen LogP contribution in [0.3, 0.4) is 0 Å². The van der Waals surface area contributed by atoms with Gasteiger partial charge in [0.05, 0.1) is 19.4 Å². The number of benzene rings is 2. The molecule has 2 rings (SSSR count). The van der Waals surface area contributed by atoms with Crippen LogP contribution in [0.4, 0.5) is 17.1 Å². The third-order valence-electron chi connectivity index (χ3n) is 2.67. The number of hydrogen-bond acceptors (Lipinski definition) is 4. The fourth-order valence-electron chi connectivity index (χ4n) is 1.79. The van der Waals surface area contributed by atoms with Crippen molar-refractivity contribution in [3.63, 3.8) is 0 Å². The van der Waals surface area contributed by atoms with Crippen LogP contribution in [0.2, 0.25) is 0 Å². The second-order valence-electron chi connectivity index (χ2n) is 4.04. The molecule has 3 N–H and O–H groups in total. The number of hydrogen-bond donors (Lipinski definition) is 2. The van der Waals surface area contributed by atoms with Crippen molar-refractivity contribution in [2.75, 3.05) is 24.8 Å². The third kappa shape index (κ3) is 3.31. The molecular formula is C15H18N2O2. The average molecular weight is 258 g/mol. The zero-order valence-electron chi connectivity index (χ0n) is 11.1. The maximum atomic E-state index is 5.78. The van der Waals surface area contributed by atoms with Gasteiger partial charge in [0, 0.05) is 23.5 Å². The summed E-state index contributed by atoms with van der Waals surface area (Å²) in [5, 5.41) is 3.29. The fraction of sp³-hybridized carbons (Fsp3) is 0.200. The van der Waals surface area contributed by atoms with Gasteiger partial charge in [-0.15, -0.1) is 0 Å². The Morgan fingerprint density at radius 2 is 1.89 bits per heavy atom. The van der Waals surface area contributed by atoms with Gasteiger partial charge >= 0.3 is 0 Å². The van der Waals surface area contributed by atoms with E-state index in [4.69, 9.17) is 15.2 Å². The van der Waals surface area contributed by atoms with E-state index in [1.165, 1.54) is 0 Å².